The van der Waals surface area contributed by atoms with Crippen LogP contribution in [-0.2, 0) is 16.0 Å². The van der Waals surface area contributed by atoms with E-state index in [2.05, 4.69) is 15.4 Å². The second-order valence-corrected chi connectivity index (χ2v) is 6.49. The van der Waals surface area contributed by atoms with Crippen LogP contribution in [0.15, 0.2) is 24.5 Å². The van der Waals surface area contributed by atoms with Gasteiger partial charge in [-0.25, -0.2) is 19.3 Å². The number of nitrogens with one attached hydrogen (secondary N) is 1. The lowest BCUT2D eigenvalue weighted by molar-refractivity contribution is 0.0522. The monoisotopic (exact) mass is 346 g/mol. The van der Waals surface area contributed by atoms with E-state index in [1.807, 2.05) is 0 Å². The van der Waals surface area contributed by atoms with Crippen molar-refractivity contribution in [1.29, 1.82) is 0 Å². The first-order chi connectivity index (χ1) is 11.7. The van der Waals surface area contributed by atoms with Crippen LogP contribution >= 0.6 is 0 Å². The number of aromatic nitrogens is 3. The summed E-state index contributed by atoms with van der Waals surface area (Å²) in [5.41, 5.74) is 1.80. The Bertz CT molecular complexity index is 777. The number of carbonyl (C=O) groups excluding carboxylic acids is 2. The molecule has 25 heavy (non-hydrogen) atoms. The van der Waals surface area contributed by atoms with Crippen molar-refractivity contribution < 1.29 is 19.1 Å². The van der Waals surface area contributed by atoms with Gasteiger partial charge < -0.3 is 14.8 Å². The molecule has 134 valence electrons. The molecule has 0 aliphatic rings. The normalized spacial score (nSPS) is 11.1. The maximum Gasteiger partial charge on any atom is 0.407 e. The zero-order valence-corrected chi connectivity index (χ0v) is 15.0. The second-order valence-electron chi connectivity index (χ2n) is 6.49. The molecule has 1 amide bonds. The third-order valence-corrected chi connectivity index (χ3v) is 3.07. The molecule has 8 heteroatoms. The summed E-state index contributed by atoms with van der Waals surface area (Å²) in [7, 11) is 1.31. The van der Waals surface area contributed by atoms with Crippen LogP contribution in [-0.4, -0.2) is 39.5 Å². The van der Waals surface area contributed by atoms with Crippen LogP contribution in [0.4, 0.5) is 4.79 Å². The zero-order chi connectivity index (χ0) is 18.6. The van der Waals surface area contributed by atoms with Gasteiger partial charge in [0.25, 0.3) is 0 Å². The maximum absolute atomic E-state index is 11.7. The van der Waals surface area contributed by atoms with E-state index < -0.39 is 17.7 Å². The van der Waals surface area contributed by atoms with E-state index in [1.165, 1.54) is 7.11 Å². The lowest BCUT2D eigenvalue weighted by Crippen LogP contribution is -2.32. The highest BCUT2D eigenvalue weighted by atomic mass is 16.6. The molecule has 0 saturated heterocycles. The van der Waals surface area contributed by atoms with Crippen LogP contribution < -0.4 is 5.32 Å². The van der Waals surface area contributed by atoms with Crippen molar-refractivity contribution in [3.8, 4) is 5.69 Å². The topological polar surface area (TPSA) is 95.3 Å². The van der Waals surface area contributed by atoms with Crippen molar-refractivity contribution in [3.05, 3.63) is 41.5 Å². The summed E-state index contributed by atoms with van der Waals surface area (Å²) in [5, 5.41) is 6.92. The largest absolute Gasteiger partial charge is 0.464 e. The molecule has 2 rings (SSSR count). The number of hydrogen-bond acceptors (Lipinski definition) is 6. The van der Waals surface area contributed by atoms with Gasteiger partial charge in [0.15, 0.2) is 5.69 Å². The number of rotatable bonds is 4. The van der Waals surface area contributed by atoms with E-state index in [0.29, 0.717) is 11.4 Å². The van der Waals surface area contributed by atoms with Crippen LogP contribution in [0.2, 0.25) is 0 Å². The molecule has 2 heterocycles. The van der Waals surface area contributed by atoms with E-state index in [1.54, 1.807) is 56.9 Å². The fourth-order valence-electron chi connectivity index (χ4n) is 2.07. The van der Waals surface area contributed by atoms with Crippen molar-refractivity contribution >= 4 is 12.1 Å². The molecule has 8 nitrogen and oxygen atoms in total. The van der Waals surface area contributed by atoms with Crippen LogP contribution in [0.1, 0.15) is 42.5 Å². The molecule has 0 aliphatic heterocycles. The van der Waals surface area contributed by atoms with Gasteiger partial charge in [-0.1, -0.05) is 0 Å². The Kier molecular flexibility index (Phi) is 5.41. The molecule has 0 spiro atoms. The fourth-order valence-corrected chi connectivity index (χ4v) is 2.07. The summed E-state index contributed by atoms with van der Waals surface area (Å²) in [6, 6.07) is 3.39. The van der Waals surface area contributed by atoms with Crippen molar-refractivity contribution in [1.82, 2.24) is 20.1 Å². The van der Waals surface area contributed by atoms with Crippen LogP contribution in [0.3, 0.4) is 0 Å². The quantitative estimate of drug-likeness (QED) is 0.854. The average molecular weight is 346 g/mol. The predicted molar refractivity (Wildman–Crippen MR) is 90.5 cm³/mol. The SMILES string of the molecule is COC(=O)c1cc(-n2cc(CNC(=O)OC(C)(C)C)cn2)cc(C)n1. The van der Waals surface area contributed by atoms with E-state index in [-0.39, 0.29) is 12.2 Å². The Morgan fingerprint density at radius 1 is 1.28 bits per heavy atom. The molecular formula is C17H22N4O4. The molecule has 2 aromatic heterocycles. The van der Waals surface area contributed by atoms with Gasteiger partial charge in [-0.2, -0.15) is 5.10 Å². The van der Waals surface area contributed by atoms with Gasteiger partial charge in [0, 0.05) is 24.0 Å². The molecule has 0 atom stereocenters. The highest BCUT2D eigenvalue weighted by Crippen LogP contribution is 2.13. The standard InChI is InChI=1S/C17H22N4O4/c1-11-6-13(7-14(20-11)15(22)24-5)21-10-12(9-19-21)8-18-16(23)25-17(2,3)4/h6-7,9-10H,8H2,1-5H3,(H,18,23). The fraction of sp³-hybridized carbons (Fsp3) is 0.412. The number of amides is 1. The minimum absolute atomic E-state index is 0.210. The summed E-state index contributed by atoms with van der Waals surface area (Å²) in [6.07, 6.45) is 2.89. The second kappa shape index (κ2) is 7.33. The smallest absolute Gasteiger partial charge is 0.407 e. The highest BCUT2D eigenvalue weighted by molar-refractivity contribution is 5.87. The molecule has 0 bridgehead atoms. The first-order valence-corrected chi connectivity index (χ1v) is 7.76. The van der Waals surface area contributed by atoms with Gasteiger partial charge in [0.1, 0.15) is 5.60 Å². The molecule has 0 saturated carbocycles. The third-order valence-electron chi connectivity index (χ3n) is 3.07. The minimum Gasteiger partial charge on any atom is -0.464 e. The van der Waals surface area contributed by atoms with Gasteiger partial charge in [0.05, 0.1) is 19.0 Å². The number of carbonyl (C=O) groups is 2. The number of ether oxygens (including phenoxy) is 2. The highest BCUT2D eigenvalue weighted by Gasteiger charge is 2.16. The molecule has 0 fully saturated rings. The summed E-state index contributed by atoms with van der Waals surface area (Å²) in [6.45, 7) is 7.47. The Morgan fingerprint density at radius 2 is 2.00 bits per heavy atom. The molecule has 1 N–H and O–H groups in total. The lowest BCUT2D eigenvalue weighted by Gasteiger charge is -2.19. The number of esters is 1. The van der Waals surface area contributed by atoms with Crippen molar-refractivity contribution in [2.45, 2.75) is 39.8 Å². The minimum atomic E-state index is -0.548. The first kappa shape index (κ1) is 18.4. The van der Waals surface area contributed by atoms with E-state index in [9.17, 15) is 9.59 Å². The van der Waals surface area contributed by atoms with E-state index in [0.717, 1.165) is 5.56 Å². The average Bonchev–Trinajstić information content (AvgIpc) is 2.99. The molecule has 0 aromatic carbocycles. The lowest BCUT2D eigenvalue weighted by atomic mass is 10.2. The summed E-state index contributed by atoms with van der Waals surface area (Å²) < 4.78 is 11.5. The number of pyridine rings is 1. The van der Waals surface area contributed by atoms with Gasteiger partial charge in [0.2, 0.25) is 0 Å². The number of hydrogen-bond donors (Lipinski definition) is 1. The zero-order valence-electron chi connectivity index (χ0n) is 15.0. The number of nitrogens with zero attached hydrogens (tertiary/aromatic N) is 3. The van der Waals surface area contributed by atoms with Crippen molar-refractivity contribution in [3.63, 3.8) is 0 Å². The van der Waals surface area contributed by atoms with E-state index in [4.69, 9.17) is 9.47 Å². The Balaban J connectivity index is 2.10. The number of methoxy groups -OCH3 is 1. The van der Waals surface area contributed by atoms with Crippen LogP contribution in [0.25, 0.3) is 5.69 Å². The Morgan fingerprint density at radius 3 is 2.64 bits per heavy atom. The van der Waals surface area contributed by atoms with Crippen molar-refractivity contribution in [2.24, 2.45) is 0 Å². The van der Waals surface area contributed by atoms with E-state index >= 15 is 0 Å². The molecule has 0 radical (unpaired) electrons. The summed E-state index contributed by atoms with van der Waals surface area (Å²) in [5.74, 6) is -0.510. The number of aryl methyl sites for hydroxylation is 1. The van der Waals surface area contributed by atoms with Crippen molar-refractivity contribution in [2.75, 3.05) is 7.11 Å². The summed E-state index contributed by atoms with van der Waals surface area (Å²) >= 11 is 0. The van der Waals surface area contributed by atoms with Crippen LogP contribution in [0.5, 0.6) is 0 Å². The van der Waals surface area contributed by atoms with Gasteiger partial charge in [-0.15, -0.1) is 0 Å². The molecule has 0 unspecified atom stereocenters. The molecular weight excluding hydrogens is 324 g/mol. The molecule has 2 aromatic rings. The number of alkyl carbamates (subject to hydrolysis) is 1. The first-order valence-electron chi connectivity index (χ1n) is 7.76. The summed E-state index contributed by atoms with van der Waals surface area (Å²) in [4.78, 5) is 27.5. The Hall–Kier alpha value is -2.90. The van der Waals surface area contributed by atoms with Gasteiger partial charge in [-0.05, 0) is 39.8 Å². The maximum atomic E-state index is 11.7. The Labute approximate surface area is 146 Å². The molecule has 0 aliphatic carbocycles. The van der Waals surface area contributed by atoms with Crippen LogP contribution in [0, 0.1) is 6.92 Å². The van der Waals surface area contributed by atoms with Gasteiger partial charge >= 0.3 is 12.1 Å². The van der Waals surface area contributed by atoms with Gasteiger partial charge in [-0.3, -0.25) is 0 Å². The third kappa shape index (κ3) is 5.30. The predicted octanol–water partition coefficient (Wildman–Crippen LogP) is 2.39.